The molecule has 3 heteroatoms. The Kier molecular flexibility index (Phi) is 4.11. The molecule has 2 atom stereocenters. The molecular weight excluding hydrogens is 220 g/mol. The van der Waals surface area contributed by atoms with Crippen molar-refractivity contribution >= 4 is 0 Å². The molecule has 1 aliphatic carbocycles. The summed E-state index contributed by atoms with van der Waals surface area (Å²) in [5.41, 5.74) is 7.75. The van der Waals surface area contributed by atoms with Crippen molar-refractivity contribution in [3.05, 3.63) is 35.4 Å². The van der Waals surface area contributed by atoms with E-state index >= 15 is 0 Å². The molecule has 0 aromatic heterocycles. The third-order valence-corrected chi connectivity index (χ3v) is 3.82. The maximum Gasteiger partial charge on any atom is 0.242 e. The molecule has 0 saturated heterocycles. The lowest BCUT2D eigenvalue weighted by Crippen LogP contribution is -2.25. The van der Waals surface area contributed by atoms with Crippen LogP contribution in [-0.4, -0.2) is 6.43 Å². The first kappa shape index (κ1) is 12.5. The molecule has 2 rings (SSSR count). The van der Waals surface area contributed by atoms with Gasteiger partial charge in [0.2, 0.25) is 6.43 Å². The molecular formula is C14H19F2N. The fourth-order valence-electron chi connectivity index (χ4n) is 2.93. The van der Waals surface area contributed by atoms with Crippen LogP contribution in [0, 0.1) is 5.92 Å². The van der Waals surface area contributed by atoms with Crippen LogP contribution in [-0.2, 0) is 6.54 Å². The number of benzene rings is 1. The van der Waals surface area contributed by atoms with Crippen molar-refractivity contribution in [2.45, 2.75) is 44.6 Å². The van der Waals surface area contributed by atoms with Gasteiger partial charge in [-0.25, -0.2) is 8.78 Å². The van der Waals surface area contributed by atoms with E-state index < -0.39 is 12.3 Å². The van der Waals surface area contributed by atoms with E-state index in [4.69, 9.17) is 5.73 Å². The average Bonchev–Trinajstić information content (AvgIpc) is 2.38. The third kappa shape index (κ3) is 2.65. The number of halogens is 2. The van der Waals surface area contributed by atoms with Gasteiger partial charge in [-0.1, -0.05) is 37.1 Å². The van der Waals surface area contributed by atoms with Crippen LogP contribution in [0.15, 0.2) is 24.3 Å². The predicted octanol–water partition coefficient (Wildman–Crippen LogP) is 3.68. The predicted molar refractivity (Wildman–Crippen MR) is 65.0 cm³/mol. The summed E-state index contributed by atoms with van der Waals surface area (Å²) in [6.07, 6.45) is 1.27. The Morgan fingerprint density at radius 3 is 2.59 bits per heavy atom. The third-order valence-electron chi connectivity index (χ3n) is 3.82. The molecule has 1 aliphatic rings. The molecule has 1 saturated carbocycles. The largest absolute Gasteiger partial charge is 0.326 e. The van der Waals surface area contributed by atoms with Gasteiger partial charge in [-0.05, 0) is 29.9 Å². The fourth-order valence-corrected chi connectivity index (χ4v) is 2.93. The van der Waals surface area contributed by atoms with Crippen molar-refractivity contribution in [2.24, 2.45) is 11.7 Å². The van der Waals surface area contributed by atoms with E-state index in [1.54, 1.807) is 0 Å². The van der Waals surface area contributed by atoms with Crippen LogP contribution < -0.4 is 5.73 Å². The van der Waals surface area contributed by atoms with Gasteiger partial charge in [0.15, 0.2) is 0 Å². The Morgan fingerprint density at radius 2 is 1.88 bits per heavy atom. The smallest absolute Gasteiger partial charge is 0.242 e. The standard InChI is InChI=1S/C14H19F2N/c15-14(16)13-8-4-3-7-12(13)11-6-2-1-5-10(11)9-17/h1-2,5-6,12-14H,3-4,7-9,17H2. The van der Waals surface area contributed by atoms with Gasteiger partial charge in [-0.3, -0.25) is 0 Å². The fraction of sp³-hybridized carbons (Fsp3) is 0.571. The lowest BCUT2D eigenvalue weighted by atomic mass is 9.74. The maximum absolute atomic E-state index is 13.1. The first-order valence-electron chi connectivity index (χ1n) is 6.30. The molecule has 17 heavy (non-hydrogen) atoms. The molecule has 94 valence electrons. The van der Waals surface area contributed by atoms with Crippen molar-refractivity contribution in [1.82, 2.24) is 0 Å². The Labute approximate surface area is 101 Å². The van der Waals surface area contributed by atoms with Gasteiger partial charge >= 0.3 is 0 Å². The Morgan fingerprint density at radius 1 is 1.18 bits per heavy atom. The SMILES string of the molecule is NCc1ccccc1C1CCCCC1C(F)F. The molecule has 0 amide bonds. The van der Waals surface area contributed by atoms with Gasteiger partial charge in [0.05, 0.1) is 0 Å². The number of hydrogen-bond donors (Lipinski definition) is 1. The molecule has 0 aliphatic heterocycles. The van der Waals surface area contributed by atoms with Crippen LogP contribution in [0.5, 0.6) is 0 Å². The van der Waals surface area contributed by atoms with E-state index in [1.165, 1.54) is 0 Å². The van der Waals surface area contributed by atoms with Gasteiger partial charge in [0, 0.05) is 12.5 Å². The summed E-state index contributed by atoms with van der Waals surface area (Å²) in [5, 5.41) is 0. The Balaban J connectivity index is 2.29. The maximum atomic E-state index is 13.1. The normalized spacial score (nSPS) is 25.2. The molecule has 2 unspecified atom stereocenters. The van der Waals surface area contributed by atoms with E-state index in [0.29, 0.717) is 13.0 Å². The van der Waals surface area contributed by atoms with Gasteiger partial charge in [-0.15, -0.1) is 0 Å². The average molecular weight is 239 g/mol. The molecule has 0 spiro atoms. The zero-order valence-electron chi connectivity index (χ0n) is 9.91. The van der Waals surface area contributed by atoms with Crippen LogP contribution in [0.4, 0.5) is 8.78 Å². The van der Waals surface area contributed by atoms with Gasteiger partial charge in [0.1, 0.15) is 0 Å². The molecule has 0 bridgehead atoms. The number of hydrogen-bond acceptors (Lipinski definition) is 1. The second-order valence-corrected chi connectivity index (χ2v) is 4.79. The van der Waals surface area contributed by atoms with E-state index in [9.17, 15) is 8.78 Å². The Bertz CT molecular complexity index is 365. The highest BCUT2D eigenvalue weighted by Crippen LogP contribution is 2.41. The molecule has 0 radical (unpaired) electrons. The van der Waals surface area contributed by atoms with Crippen LogP contribution >= 0.6 is 0 Å². The lowest BCUT2D eigenvalue weighted by Gasteiger charge is -2.32. The van der Waals surface area contributed by atoms with Crippen molar-refractivity contribution in [3.8, 4) is 0 Å². The summed E-state index contributed by atoms with van der Waals surface area (Å²) < 4.78 is 26.1. The van der Waals surface area contributed by atoms with E-state index in [-0.39, 0.29) is 5.92 Å². The zero-order valence-corrected chi connectivity index (χ0v) is 9.91. The van der Waals surface area contributed by atoms with Crippen molar-refractivity contribution in [3.63, 3.8) is 0 Å². The van der Waals surface area contributed by atoms with Gasteiger partial charge in [-0.2, -0.15) is 0 Å². The second kappa shape index (κ2) is 5.58. The molecule has 1 fully saturated rings. The quantitative estimate of drug-likeness (QED) is 0.855. The van der Waals surface area contributed by atoms with Crippen molar-refractivity contribution in [1.29, 1.82) is 0 Å². The monoisotopic (exact) mass is 239 g/mol. The van der Waals surface area contributed by atoms with E-state index in [1.807, 2.05) is 24.3 Å². The highest BCUT2D eigenvalue weighted by molar-refractivity contribution is 5.31. The molecule has 2 N–H and O–H groups in total. The molecule has 0 heterocycles. The lowest BCUT2D eigenvalue weighted by molar-refractivity contribution is 0.0428. The first-order chi connectivity index (χ1) is 8.24. The highest BCUT2D eigenvalue weighted by Gasteiger charge is 2.33. The number of rotatable bonds is 3. The number of alkyl halides is 2. The minimum Gasteiger partial charge on any atom is -0.326 e. The van der Waals surface area contributed by atoms with Crippen molar-refractivity contribution < 1.29 is 8.78 Å². The second-order valence-electron chi connectivity index (χ2n) is 4.79. The minimum absolute atomic E-state index is 0.0106. The van der Waals surface area contributed by atoms with Crippen LogP contribution in [0.2, 0.25) is 0 Å². The molecule has 1 aromatic carbocycles. The first-order valence-corrected chi connectivity index (χ1v) is 6.30. The van der Waals surface area contributed by atoms with Crippen LogP contribution in [0.3, 0.4) is 0 Å². The summed E-state index contributed by atoms with van der Waals surface area (Å²) in [4.78, 5) is 0. The van der Waals surface area contributed by atoms with Gasteiger partial charge in [0.25, 0.3) is 0 Å². The minimum atomic E-state index is -2.22. The van der Waals surface area contributed by atoms with Gasteiger partial charge < -0.3 is 5.73 Å². The van der Waals surface area contributed by atoms with E-state index in [0.717, 1.165) is 30.4 Å². The summed E-state index contributed by atoms with van der Waals surface area (Å²) in [6.45, 7) is 0.433. The van der Waals surface area contributed by atoms with Crippen LogP contribution in [0.25, 0.3) is 0 Å². The Hall–Kier alpha value is -0.960. The highest BCUT2D eigenvalue weighted by atomic mass is 19.3. The molecule has 1 nitrogen and oxygen atoms in total. The van der Waals surface area contributed by atoms with Crippen LogP contribution in [0.1, 0.15) is 42.7 Å². The summed E-state index contributed by atoms with van der Waals surface area (Å²) in [5.74, 6) is -0.500. The van der Waals surface area contributed by atoms with Crippen molar-refractivity contribution in [2.75, 3.05) is 0 Å². The molecule has 1 aromatic rings. The summed E-state index contributed by atoms with van der Waals surface area (Å²) >= 11 is 0. The summed E-state index contributed by atoms with van der Waals surface area (Å²) in [7, 11) is 0. The zero-order chi connectivity index (χ0) is 12.3. The van der Waals surface area contributed by atoms with E-state index in [2.05, 4.69) is 0 Å². The summed E-state index contributed by atoms with van der Waals surface area (Å²) in [6, 6.07) is 7.76. The topological polar surface area (TPSA) is 26.0 Å². The number of nitrogens with two attached hydrogens (primary N) is 1.